The molecule has 2 heterocycles. The highest BCUT2D eigenvalue weighted by molar-refractivity contribution is 5.77. The number of carbonyl (C=O) groups is 1. The van der Waals surface area contributed by atoms with Gasteiger partial charge in [0.25, 0.3) is 0 Å². The van der Waals surface area contributed by atoms with Gasteiger partial charge in [-0.3, -0.25) is 0 Å². The Bertz CT molecular complexity index is 530. The number of aryl methyl sites for hydroxylation is 2. The van der Waals surface area contributed by atoms with Crippen molar-refractivity contribution in [3.63, 3.8) is 0 Å². The summed E-state index contributed by atoms with van der Waals surface area (Å²) in [4.78, 5) is 20.3. The van der Waals surface area contributed by atoms with Gasteiger partial charge in [0.1, 0.15) is 18.5 Å². The molecule has 102 valence electrons. The molecule has 0 fully saturated rings. The van der Waals surface area contributed by atoms with E-state index >= 15 is 0 Å². The second kappa shape index (κ2) is 6.21. The van der Waals surface area contributed by atoms with Gasteiger partial charge in [-0.15, -0.1) is 5.10 Å². The molecule has 7 heteroatoms. The van der Waals surface area contributed by atoms with Gasteiger partial charge < -0.3 is 0 Å². The molecule has 0 unspecified atom stereocenters. The van der Waals surface area contributed by atoms with Crippen molar-refractivity contribution in [2.24, 2.45) is 0 Å². The monoisotopic (exact) mass is 262 g/mol. The van der Waals surface area contributed by atoms with Gasteiger partial charge in [-0.25, -0.2) is 14.8 Å². The van der Waals surface area contributed by atoms with Crippen LogP contribution >= 0.6 is 0 Å². The van der Waals surface area contributed by atoms with Crippen molar-refractivity contribution in [1.29, 1.82) is 0 Å². The molecule has 0 saturated heterocycles. The summed E-state index contributed by atoms with van der Waals surface area (Å²) < 4.78 is 2.47. The molecule has 0 aromatic carbocycles. The molecule has 0 saturated carbocycles. The summed E-state index contributed by atoms with van der Waals surface area (Å²) >= 11 is 0. The fraction of sp³-hybridized carbons (Fsp3) is 0.583. The summed E-state index contributed by atoms with van der Waals surface area (Å²) in [7, 11) is 0. The van der Waals surface area contributed by atoms with E-state index in [0.717, 1.165) is 36.2 Å². The van der Waals surface area contributed by atoms with Crippen molar-refractivity contribution in [3.8, 4) is 0 Å². The van der Waals surface area contributed by atoms with Crippen molar-refractivity contribution < 1.29 is 4.79 Å². The zero-order valence-corrected chi connectivity index (χ0v) is 11.3. The van der Waals surface area contributed by atoms with Crippen molar-refractivity contribution in [2.45, 2.75) is 46.0 Å². The predicted octanol–water partition coefficient (Wildman–Crippen LogP) is 1.68. The van der Waals surface area contributed by atoms with Crippen LogP contribution in [0.25, 0.3) is 0 Å². The molecule has 2 rings (SSSR count). The number of nitrogens with zero attached hydrogens (tertiary/aromatic N) is 6. The molecule has 2 aromatic rings. The van der Waals surface area contributed by atoms with Gasteiger partial charge in [0.05, 0.1) is 0 Å². The Hall–Kier alpha value is -2.05. The number of aromatic nitrogens is 6. The summed E-state index contributed by atoms with van der Waals surface area (Å²) in [6.07, 6.45) is 7.48. The molecule has 0 amide bonds. The quantitative estimate of drug-likeness (QED) is 0.766. The molecule has 2 aromatic heterocycles. The third kappa shape index (κ3) is 3.04. The SMILES string of the molecule is CCCCCc1nc(CC)n(C(=O)n2cncn2)n1. The first-order valence-corrected chi connectivity index (χ1v) is 6.60. The molecular weight excluding hydrogens is 244 g/mol. The van der Waals surface area contributed by atoms with Crippen LogP contribution in [-0.4, -0.2) is 35.6 Å². The maximum Gasteiger partial charge on any atom is 0.372 e. The molecule has 0 bridgehead atoms. The van der Waals surface area contributed by atoms with Crippen LogP contribution in [0.15, 0.2) is 12.7 Å². The van der Waals surface area contributed by atoms with Gasteiger partial charge in [0.15, 0.2) is 5.82 Å². The molecule has 19 heavy (non-hydrogen) atoms. The number of hydrogen-bond acceptors (Lipinski definition) is 5. The van der Waals surface area contributed by atoms with E-state index in [1.54, 1.807) is 0 Å². The first-order chi connectivity index (χ1) is 9.26. The number of unbranched alkanes of at least 4 members (excludes halogenated alkanes) is 2. The van der Waals surface area contributed by atoms with Crippen molar-refractivity contribution in [2.75, 3.05) is 0 Å². The normalized spacial score (nSPS) is 10.8. The maximum absolute atomic E-state index is 12.2. The van der Waals surface area contributed by atoms with Crippen LogP contribution in [0.5, 0.6) is 0 Å². The summed E-state index contributed by atoms with van der Waals surface area (Å²) in [5, 5.41) is 8.10. The molecule has 0 aliphatic heterocycles. The van der Waals surface area contributed by atoms with Gasteiger partial charge in [0, 0.05) is 12.8 Å². The van der Waals surface area contributed by atoms with E-state index in [1.165, 1.54) is 17.3 Å². The number of carbonyl (C=O) groups excluding carboxylic acids is 1. The molecule has 0 aliphatic carbocycles. The Labute approximate surface area is 111 Å². The van der Waals surface area contributed by atoms with Crippen LogP contribution < -0.4 is 0 Å². The van der Waals surface area contributed by atoms with E-state index in [-0.39, 0.29) is 6.03 Å². The molecule has 7 nitrogen and oxygen atoms in total. The van der Waals surface area contributed by atoms with E-state index in [9.17, 15) is 4.79 Å². The second-order valence-corrected chi connectivity index (χ2v) is 4.29. The molecular formula is C12H18N6O. The molecule has 0 radical (unpaired) electrons. The topological polar surface area (TPSA) is 78.5 Å². The van der Waals surface area contributed by atoms with Crippen molar-refractivity contribution in [1.82, 2.24) is 29.5 Å². The third-order valence-electron chi connectivity index (χ3n) is 2.83. The van der Waals surface area contributed by atoms with E-state index in [4.69, 9.17) is 0 Å². The van der Waals surface area contributed by atoms with Crippen molar-refractivity contribution in [3.05, 3.63) is 24.3 Å². The molecule has 0 N–H and O–H groups in total. The Morgan fingerprint density at radius 1 is 1.32 bits per heavy atom. The lowest BCUT2D eigenvalue weighted by molar-refractivity contribution is 0.237. The van der Waals surface area contributed by atoms with Crippen molar-refractivity contribution >= 4 is 6.03 Å². The standard InChI is InChI=1S/C12H18N6O/c1-3-5-6-7-10-15-11(4-2)18(16-10)12(19)17-9-13-8-14-17/h8-9H,3-7H2,1-2H3. The predicted molar refractivity (Wildman–Crippen MR) is 68.8 cm³/mol. The van der Waals surface area contributed by atoms with Crippen LogP contribution in [0, 0.1) is 0 Å². The molecule has 0 spiro atoms. The average Bonchev–Trinajstić information content (AvgIpc) is 3.07. The fourth-order valence-electron chi connectivity index (χ4n) is 1.82. The minimum absolute atomic E-state index is 0.344. The first-order valence-electron chi connectivity index (χ1n) is 6.60. The third-order valence-corrected chi connectivity index (χ3v) is 2.83. The summed E-state index contributed by atoms with van der Waals surface area (Å²) in [5.41, 5.74) is 0. The minimum Gasteiger partial charge on any atom is -0.243 e. The van der Waals surface area contributed by atoms with Gasteiger partial charge in [0.2, 0.25) is 0 Å². The average molecular weight is 262 g/mol. The minimum atomic E-state index is -0.344. The summed E-state index contributed by atoms with van der Waals surface area (Å²) in [6, 6.07) is -0.344. The van der Waals surface area contributed by atoms with Crippen LogP contribution in [0.2, 0.25) is 0 Å². The Kier molecular flexibility index (Phi) is 4.38. The highest BCUT2D eigenvalue weighted by atomic mass is 16.2. The zero-order valence-electron chi connectivity index (χ0n) is 11.3. The Balaban J connectivity index is 2.17. The highest BCUT2D eigenvalue weighted by Gasteiger charge is 2.16. The van der Waals surface area contributed by atoms with Crippen LogP contribution in [-0.2, 0) is 12.8 Å². The number of hydrogen-bond donors (Lipinski definition) is 0. The maximum atomic E-state index is 12.2. The lowest BCUT2D eigenvalue weighted by Crippen LogP contribution is -2.23. The van der Waals surface area contributed by atoms with Crippen LogP contribution in [0.4, 0.5) is 4.79 Å². The molecule has 0 atom stereocenters. The van der Waals surface area contributed by atoms with Gasteiger partial charge >= 0.3 is 6.03 Å². The zero-order chi connectivity index (χ0) is 13.7. The molecule has 0 aliphatic rings. The second-order valence-electron chi connectivity index (χ2n) is 4.29. The Morgan fingerprint density at radius 2 is 2.16 bits per heavy atom. The lowest BCUT2D eigenvalue weighted by atomic mass is 10.2. The van der Waals surface area contributed by atoms with E-state index in [0.29, 0.717) is 12.2 Å². The van der Waals surface area contributed by atoms with Crippen LogP contribution in [0.1, 0.15) is 44.8 Å². The van der Waals surface area contributed by atoms with E-state index < -0.39 is 0 Å². The smallest absolute Gasteiger partial charge is 0.243 e. The van der Waals surface area contributed by atoms with Gasteiger partial charge in [-0.1, -0.05) is 26.7 Å². The Morgan fingerprint density at radius 3 is 2.79 bits per heavy atom. The highest BCUT2D eigenvalue weighted by Crippen LogP contribution is 2.06. The summed E-state index contributed by atoms with van der Waals surface area (Å²) in [6.45, 7) is 4.10. The fourth-order valence-corrected chi connectivity index (χ4v) is 1.82. The van der Waals surface area contributed by atoms with E-state index in [1.807, 2.05) is 6.92 Å². The largest absolute Gasteiger partial charge is 0.372 e. The van der Waals surface area contributed by atoms with Gasteiger partial charge in [-0.05, 0) is 6.42 Å². The lowest BCUT2D eigenvalue weighted by Gasteiger charge is -2.00. The summed E-state index contributed by atoms with van der Waals surface area (Å²) in [5.74, 6) is 1.38. The first kappa shape index (κ1) is 13.4. The van der Waals surface area contributed by atoms with Gasteiger partial charge in [-0.2, -0.15) is 14.5 Å². The van der Waals surface area contributed by atoms with E-state index in [2.05, 4.69) is 27.1 Å². The number of rotatable bonds is 5. The van der Waals surface area contributed by atoms with Crippen LogP contribution in [0.3, 0.4) is 0 Å².